The van der Waals surface area contributed by atoms with Crippen LogP contribution >= 0.6 is 0 Å². The van der Waals surface area contributed by atoms with Crippen molar-refractivity contribution in [3.8, 4) is 11.5 Å². The molecule has 0 aromatic heterocycles. The third kappa shape index (κ3) is 5.53. The molecule has 120 valence electrons. The van der Waals surface area contributed by atoms with Crippen LogP contribution in [-0.2, 0) is 16.5 Å². The lowest BCUT2D eigenvalue weighted by Gasteiger charge is -2.17. The van der Waals surface area contributed by atoms with Crippen LogP contribution in [0.2, 0.25) is 0 Å². The van der Waals surface area contributed by atoms with Crippen molar-refractivity contribution in [1.29, 1.82) is 0 Å². The fourth-order valence-electron chi connectivity index (χ4n) is 1.89. The Kier molecular flexibility index (Phi) is 6.44. The molecule has 21 heavy (non-hydrogen) atoms. The SMILES string of the molecule is CCCCOc1cc(CC(C)C(O)S(=O)(=O)O)ccc1O. The Morgan fingerprint density at radius 3 is 2.57 bits per heavy atom. The third-order valence-corrected chi connectivity index (χ3v) is 4.20. The summed E-state index contributed by atoms with van der Waals surface area (Å²) in [5.41, 5.74) is -1.13. The molecule has 2 unspecified atom stereocenters. The predicted octanol–water partition coefficient (Wildman–Crippen LogP) is 1.96. The Morgan fingerprint density at radius 2 is 2.00 bits per heavy atom. The van der Waals surface area contributed by atoms with Crippen molar-refractivity contribution in [3.05, 3.63) is 23.8 Å². The second kappa shape index (κ2) is 7.63. The van der Waals surface area contributed by atoms with Crippen molar-refractivity contribution in [2.24, 2.45) is 5.92 Å². The number of ether oxygens (including phenoxy) is 1. The Hall–Kier alpha value is -1.31. The average molecular weight is 318 g/mol. The molecule has 6 nitrogen and oxygen atoms in total. The van der Waals surface area contributed by atoms with E-state index < -0.39 is 21.5 Å². The van der Waals surface area contributed by atoms with Gasteiger partial charge in [-0.1, -0.05) is 26.3 Å². The average Bonchev–Trinajstić information content (AvgIpc) is 2.40. The number of rotatable bonds is 8. The van der Waals surface area contributed by atoms with Crippen LogP contribution in [0.15, 0.2) is 18.2 Å². The first-order chi connectivity index (χ1) is 9.75. The molecule has 0 radical (unpaired) electrons. The summed E-state index contributed by atoms with van der Waals surface area (Å²) in [6, 6.07) is 4.69. The molecule has 7 heteroatoms. The summed E-state index contributed by atoms with van der Waals surface area (Å²) in [5.74, 6) is -0.347. The molecule has 2 atom stereocenters. The van der Waals surface area contributed by atoms with Gasteiger partial charge >= 0.3 is 0 Å². The Bertz CT molecular complexity index is 555. The van der Waals surface area contributed by atoms with E-state index in [2.05, 4.69) is 0 Å². The van der Waals surface area contributed by atoms with E-state index >= 15 is 0 Å². The molecule has 0 bridgehead atoms. The monoisotopic (exact) mass is 318 g/mol. The van der Waals surface area contributed by atoms with Gasteiger partial charge in [0.05, 0.1) is 6.61 Å². The lowest BCUT2D eigenvalue weighted by molar-refractivity contribution is 0.177. The Morgan fingerprint density at radius 1 is 1.33 bits per heavy atom. The molecule has 0 aliphatic heterocycles. The topological polar surface area (TPSA) is 104 Å². The number of aromatic hydroxyl groups is 1. The highest BCUT2D eigenvalue weighted by Gasteiger charge is 2.26. The number of unbranched alkanes of at least 4 members (excludes halogenated alkanes) is 1. The largest absolute Gasteiger partial charge is 0.504 e. The molecule has 1 aromatic carbocycles. The number of hydrogen-bond acceptors (Lipinski definition) is 5. The summed E-state index contributed by atoms with van der Waals surface area (Å²) in [4.78, 5) is 0. The van der Waals surface area contributed by atoms with E-state index in [1.54, 1.807) is 12.1 Å². The second-order valence-corrected chi connectivity index (χ2v) is 6.60. The minimum atomic E-state index is -4.48. The maximum atomic E-state index is 10.9. The van der Waals surface area contributed by atoms with Gasteiger partial charge in [0.25, 0.3) is 10.1 Å². The van der Waals surface area contributed by atoms with Gasteiger partial charge in [-0.05, 0) is 30.5 Å². The zero-order valence-corrected chi connectivity index (χ0v) is 13.0. The van der Waals surface area contributed by atoms with Crippen molar-refractivity contribution in [2.45, 2.75) is 38.5 Å². The highest BCUT2D eigenvalue weighted by Crippen LogP contribution is 2.28. The molecule has 0 aliphatic rings. The molecule has 1 rings (SSSR count). The van der Waals surface area contributed by atoms with E-state index in [9.17, 15) is 18.6 Å². The quantitative estimate of drug-likeness (QED) is 0.500. The zero-order chi connectivity index (χ0) is 16.0. The summed E-state index contributed by atoms with van der Waals surface area (Å²) < 4.78 is 36.1. The van der Waals surface area contributed by atoms with Crippen LogP contribution in [0.3, 0.4) is 0 Å². The summed E-state index contributed by atoms with van der Waals surface area (Å²) in [5, 5.41) is 19.2. The zero-order valence-electron chi connectivity index (χ0n) is 12.2. The number of aliphatic hydroxyl groups excluding tert-OH is 1. The van der Waals surface area contributed by atoms with E-state index in [4.69, 9.17) is 9.29 Å². The van der Waals surface area contributed by atoms with Crippen LogP contribution in [0.5, 0.6) is 11.5 Å². The second-order valence-electron chi connectivity index (χ2n) is 5.09. The Balaban J connectivity index is 2.78. The predicted molar refractivity (Wildman–Crippen MR) is 78.9 cm³/mol. The van der Waals surface area contributed by atoms with Crippen LogP contribution in [0.4, 0.5) is 0 Å². The van der Waals surface area contributed by atoms with Crippen molar-refractivity contribution in [1.82, 2.24) is 0 Å². The highest BCUT2D eigenvalue weighted by atomic mass is 32.2. The van der Waals surface area contributed by atoms with Crippen LogP contribution in [0, 0.1) is 5.92 Å². The van der Waals surface area contributed by atoms with Gasteiger partial charge in [-0.25, -0.2) is 0 Å². The van der Waals surface area contributed by atoms with Crippen LogP contribution < -0.4 is 4.74 Å². The maximum Gasteiger partial charge on any atom is 0.292 e. The van der Waals surface area contributed by atoms with Crippen LogP contribution in [0.1, 0.15) is 32.3 Å². The van der Waals surface area contributed by atoms with Gasteiger partial charge in [0.2, 0.25) is 0 Å². The first-order valence-electron chi connectivity index (χ1n) is 6.84. The van der Waals surface area contributed by atoms with Crippen molar-refractivity contribution >= 4 is 10.1 Å². The molecule has 0 heterocycles. The maximum absolute atomic E-state index is 10.9. The normalized spacial score (nSPS) is 14.7. The fraction of sp³-hybridized carbons (Fsp3) is 0.571. The minimum absolute atomic E-state index is 0.0119. The molecule has 0 saturated carbocycles. The lowest BCUT2D eigenvalue weighted by atomic mass is 10.0. The molecule has 3 N–H and O–H groups in total. The Labute approximate surface area is 125 Å². The first-order valence-corrected chi connectivity index (χ1v) is 8.35. The van der Waals surface area contributed by atoms with Gasteiger partial charge in [0.15, 0.2) is 16.9 Å². The minimum Gasteiger partial charge on any atom is -0.504 e. The molecular weight excluding hydrogens is 296 g/mol. The van der Waals surface area contributed by atoms with E-state index in [-0.39, 0.29) is 12.2 Å². The third-order valence-electron chi connectivity index (χ3n) is 3.13. The number of phenols is 1. The summed E-state index contributed by atoms with van der Waals surface area (Å²) >= 11 is 0. The van der Waals surface area contributed by atoms with E-state index in [0.29, 0.717) is 17.9 Å². The molecular formula is C14H22O6S. The smallest absolute Gasteiger partial charge is 0.292 e. The van der Waals surface area contributed by atoms with Crippen LogP contribution in [-0.4, -0.2) is 35.2 Å². The molecule has 1 aromatic rings. The fourth-order valence-corrected chi connectivity index (χ4v) is 2.58. The van der Waals surface area contributed by atoms with E-state index in [1.807, 2.05) is 6.92 Å². The van der Waals surface area contributed by atoms with Gasteiger partial charge < -0.3 is 14.9 Å². The van der Waals surface area contributed by atoms with Gasteiger partial charge in [-0.2, -0.15) is 8.42 Å². The molecule has 0 amide bonds. The molecule has 0 fully saturated rings. The first kappa shape index (κ1) is 17.7. The summed E-state index contributed by atoms with van der Waals surface area (Å²) in [6.45, 7) is 4.03. The number of aliphatic hydroxyl groups is 1. The van der Waals surface area contributed by atoms with E-state index in [1.165, 1.54) is 13.0 Å². The van der Waals surface area contributed by atoms with Gasteiger partial charge in [-0.15, -0.1) is 0 Å². The standard InChI is InChI=1S/C14H22O6S/c1-3-4-7-20-13-9-11(5-6-12(13)15)8-10(2)14(16)21(17,18)19/h5-6,9-10,14-16H,3-4,7-8H2,1-2H3,(H,17,18,19). The number of benzene rings is 1. The number of phenolic OH excluding ortho intramolecular Hbond substituents is 1. The summed E-state index contributed by atoms with van der Waals surface area (Å²) in [7, 11) is -4.48. The number of hydrogen-bond donors (Lipinski definition) is 3. The van der Waals surface area contributed by atoms with Gasteiger partial charge in [-0.3, -0.25) is 4.55 Å². The lowest BCUT2D eigenvalue weighted by Crippen LogP contribution is -2.28. The summed E-state index contributed by atoms with van der Waals surface area (Å²) in [6.07, 6.45) is 2.06. The van der Waals surface area contributed by atoms with E-state index in [0.717, 1.165) is 12.8 Å². The van der Waals surface area contributed by atoms with Crippen LogP contribution in [0.25, 0.3) is 0 Å². The highest BCUT2D eigenvalue weighted by molar-refractivity contribution is 7.86. The van der Waals surface area contributed by atoms with Gasteiger partial charge in [0.1, 0.15) is 0 Å². The van der Waals surface area contributed by atoms with Crippen molar-refractivity contribution in [3.63, 3.8) is 0 Å². The molecule has 0 saturated heterocycles. The van der Waals surface area contributed by atoms with Crippen molar-refractivity contribution in [2.75, 3.05) is 6.61 Å². The molecule has 0 aliphatic carbocycles. The van der Waals surface area contributed by atoms with Gasteiger partial charge in [0, 0.05) is 5.92 Å². The molecule has 0 spiro atoms. The van der Waals surface area contributed by atoms with Crippen molar-refractivity contribution < 1.29 is 27.9 Å².